The van der Waals surface area contributed by atoms with Crippen LogP contribution in [0.15, 0.2) is 62.9 Å². The zero-order valence-electron chi connectivity index (χ0n) is 14.0. The van der Waals surface area contributed by atoms with Crippen molar-refractivity contribution in [2.45, 2.75) is 19.6 Å². The van der Waals surface area contributed by atoms with Crippen molar-refractivity contribution in [2.24, 2.45) is 5.16 Å². The van der Waals surface area contributed by atoms with Crippen molar-refractivity contribution in [2.75, 3.05) is 0 Å². The van der Waals surface area contributed by atoms with Gasteiger partial charge >= 0.3 is 17.9 Å². The molecule has 0 aliphatic carbocycles. The number of carbonyl (C=O) groups is 1. The van der Waals surface area contributed by atoms with Gasteiger partial charge in [0, 0.05) is 0 Å². The standard InChI is InChI=1S/C18H13F3N2O4/c1-11(10-23-14-4-2-3-5-15(14)26-17(23)25)22-27-16(24)12-6-8-13(9-7-12)18(19,20)21/h2-9H,10H2,1H3/b22-11-. The highest BCUT2D eigenvalue weighted by Gasteiger charge is 2.30. The Morgan fingerprint density at radius 3 is 2.48 bits per heavy atom. The maximum atomic E-state index is 12.5. The van der Waals surface area contributed by atoms with Gasteiger partial charge in [-0.25, -0.2) is 9.59 Å². The first-order chi connectivity index (χ1) is 12.8. The highest BCUT2D eigenvalue weighted by atomic mass is 19.4. The normalized spacial score (nSPS) is 12.4. The maximum absolute atomic E-state index is 12.5. The molecule has 0 amide bonds. The first kappa shape index (κ1) is 18.4. The molecule has 1 heterocycles. The molecule has 27 heavy (non-hydrogen) atoms. The van der Waals surface area contributed by atoms with E-state index >= 15 is 0 Å². The van der Waals surface area contributed by atoms with Crippen LogP contribution in [-0.4, -0.2) is 16.2 Å². The molecule has 140 valence electrons. The van der Waals surface area contributed by atoms with Gasteiger partial charge in [0.2, 0.25) is 0 Å². The summed E-state index contributed by atoms with van der Waals surface area (Å²) >= 11 is 0. The van der Waals surface area contributed by atoms with Crippen LogP contribution in [0.25, 0.3) is 11.1 Å². The molecule has 0 bridgehead atoms. The molecule has 0 radical (unpaired) electrons. The fourth-order valence-electron chi connectivity index (χ4n) is 2.39. The summed E-state index contributed by atoms with van der Waals surface area (Å²) in [5, 5.41) is 3.64. The van der Waals surface area contributed by atoms with Gasteiger partial charge in [-0.05, 0) is 43.3 Å². The predicted octanol–water partition coefficient (Wildman–Crippen LogP) is 3.85. The van der Waals surface area contributed by atoms with Crippen LogP contribution in [-0.2, 0) is 17.6 Å². The summed E-state index contributed by atoms with van der Waals surface area (Å²) in [6, 6.07) is 10.4. The van der Waals surface area contributed by atoms with E-state index in [-0.39, 0.29) is 12.1 Å². The molecule has 6 nitrogen and oxygen atoms in total. The van der Waals surface area contributed by atoms with E-state index < -0.39 is 23.5 Å². The van der Waals surface area contributed by atoms with Crippen LogP contribution in [0.3, 0.4) is 0 Å². The lowest BCUT2D eigenvalue weighted by molar-refractivity contribution is -0.137. The number of hydrogen-bond acceptors (Lipinski definition) is 5. The topological polar surface area (TPSA) is 73.8 Å². The first-order valence-corrected chi connectivity index (χ1v) is 7.76. The van der Waals surface area contributed by atoms with Gasteiger partial charge in [0.1, 0.15) is 0 Å². The number of rotatable bonds is 4. The number of aromatic nitrogens is 1. The highest BCUT2D eigenvalue weighted by Crippen LogP contribution is 2.29. The Morgan fingerprint density at radius 2 is 1.81 bits per heavy atom. The van der Waals surface area contributed by atoms with Crippen LogP contribution in [0.4, 0.5) is 13.2 Å². The molecule has 0 aliphatic heterocycles. The number of benzene rings is 2. The van der Waals surface area contributed by atoms with Crippen LogP contribution < -0.4 is 5.76 Å². The lowest BCUT2D eigenvalue weighted by Crippen LogP contribution is -2.19. The van der Waals surface area contributed by atoms with E-state index in [1.165, 1.54) is 11.5 Å². The summed E-state index contributed by atoms with van der Waals surface area (Å²) in [7, 11) is 0. The second-order valence-electron chi connectivity index (χ2n) is 5.70. The Balaban J connectivity index is 1.71. The number of para-hydroxylation sites is 2. The molecule has 0 atom stereocenters. The average Bonchev–Trinajstić information content (AvgIpc) is 2.94. The van der Waals surface area contributed by atoms with Gasteiger partial charge in [-0.1, -0.05) is 17.3 Å². The van der Waals surface area contributed by atoms with E-state index in [9.17, 15) is 22.8 Å². The Kier molecular flexibility index (Phi) is 4.85. The van der Waals surface area contributed by atoms with Crippen molar-refractivity contribution in [1.29, 1.82) is 0 Å². The third-order valence-electron chi connectivity index (χ3n) is 3.69. The van der Waals surface area contributed by atoms with Crippen molar-refractivity contribution < 1.29 is 27.2 Å². The first-order valence-electron chi connectivity index (χ1n) is 7.76. The molecule has 3 rings (SSSR count). The Morgan fingerprint density at radius 1 is 1.15 bits per heavy atom. The van der Waals surface area contributed by atoms with Crippen molar-refractivity contribution in [3.63, 3.8) is 0 Å². The monoisotopic (exact) mass is 378 g/mol. The van der Waals surface area contributed by atoms with E-state index in [0.29, 0.717) is 16.8 Å². The van der Waals surface area contributed by atoms with Crippen LogP contribution >= 0.6 is 0 Å². The zero-order chi connectivity index (χ0) is 19.6. The molecule has 1 aromatic heterocycles. The lowest BCUT2D eigenvalue weighted by atomic mass is 10.1. The molecule has 9 heteroatoms. The second-order valence-corrected chi connectivity index (χ2v) is 5.70. The van der Waals surface area contributed by atoms with Crippen LogP contribution in [0, 0.1) is 0 Å². The smallest absolute Gasteiger partial charge is 0.408 e. The Labute approximate surface area is 150 Å². The molecule has 0 saturated carbocycles. The molecule has 0 spiro atoms. The Bertz CT molecular complexity index is 1060. The number of hydrogen-bond donors (Lipinski definition) is 0. The second kappa shape index (κ2) is 7.10. The molecular weight excluding hydrogens is 365 g/mol. The summed E-state index contributed by atoms with van der Waals surface area (Å²) in [4.78, 5) is 28.5. The van der Waals surface area contributed by atoms with Crippen molar-refractivity contribution in [3.8, 4) is 0 Å². The third-order valence-corrected chi connectivity index (χ3v) is 3.69. The predicted molar refractivity (Wildman–Crippen MR) is 90.4 cm³/mol. The average molecular weight is 378 g/mol. The molecule has 0 unspecified atom stereocenters. The van der Waals surface area contributed by atoms with Crippen molar-refractivity contribution in [1.82, 2.24) is 4.57 Å². The van der Waals surface area contributed by atoms with Gasteiger partial charge in [0.05, 0.1) is 28.9 Å². The van der Waals surface area contributed by atoms with Crippen molar-refractivity contribution in [3.05, 3.63) is 70.2 Å². The van der Waals surface area contributed by atoms with E-state index in [0.717, 1.165) is 24.3 Å². The number of fused-ring (bicyclic) bond motifs is 1. The molecule has 3 aromatic rings. The molecule has 0 N–H and O–H groups in total. The van der Waals surface area contributed by atoms with E-state index in [1.807, 2.05) is 0 Å². The fourth-order valence-corrected chi connectivity index (χ4v) is 2.39. The molecule has 0 aliphatic rings. The molecular formula is C18H13F3N2O4. The zero-order valence-corrected chi connectivity index (χ0v) is 14.0. The van der Waals surface area contributed by atoms with Crippen LogP contribution in [0.2, 0.25) is 0 Å². The van der Waals surface area contributed by atoms with E-state index in [4.69, 9.17) is 9.25 Å². The van der Waals surface area contributed by atoms with Crippen molar-refractivity contribution >= 4 is 22.8 Å². The van der Waals surface area contributed by atoms with Gasteiger partial charge < -0.3 is 9.25 Å². The van der Waals surface area contributed by atoms with Crippen LogP contribution in [0.1, 0.15) is 22.8 Å². The lowest BCUT2D eigenvalue weighted by Gasteiger charge is -2.06. The minimum Gasteiger partial charge on any atom is -0.408 e. The van der Waals surface area contributed by atoms with Gasteiger partial charge in [0.25, 0.3) is 0 Å². The maximum Gasteiger partial charge on any atom is 0.420 e. The fraction of sp³-hybridized carbons (Fsp3) is 0.167. The minimum absolute atomic E-state index is 0.0239. The number of nitrogens with zero attached hydrogens (tertiary/aromatic N) is 2. The summed E-state index contributed by atoms with van der Waals surface area (Å²) in [6.45, 7) is 1.56. The van der Waals surface area contributed by atoms with Gasteiger partial charge in [-0.2, -0.15) is 13.2 Å². The summed E-state index contributed by atoms with van der Waals surface area (Å²) in [6.07, 6.45) is -4.49. The highest BCUT2D eigenvalue weighted by molar-refractivity contribution is 5.90. The Hall–Kier alpha value is -3.36. The number of carbonyl (C=O) groups excluding carboxylic acids is 1. The van der Waals surface area contributed by atoms with Gasteiger partial charge in [-0.3, -0.25) is 4.57 Å². The summed E-state index contributed by atoms with van der Waals surface area (Å²) < 4.78 is 44.0. The summed E-state index contributed by atoms with van der Waals surface area (Å²) in [5.74, 6) is -1.49. The number of oxazole rings is 1. The number of oxime groups is 1. The van der Waals surface area contributed by atoms with E-state index in [2.05, 4.69) is 5.16 Å². The van der Waals surface area contributed by atoms with Crippen LogP contribution in [0.5, 0.6) is 0 Å². The third kappa shape index (κ3) is 4.08. The summed E-state index contributed by atoms with van der Waals surface area (Å²) in [5.41, 5.74) is 0.322. The largest absolute Gasteiger partial charge is 0.420 e. The SMILES string of the molecule is C/C(Cn1c(=O)oc2ccccc21)=N/OC(=O)c1ccc(C(F)(F)F)cc1. The molecule has 2 aromatic carbocycles. The molecule has 0 fully saturated rings. The number of alkyl halides is 3. The van der Waals surface area contributed by atoms with Gasteiger partial charge in [-0.15, -0.1) is 0 Å². The number of halogens is 3. The molecule has 0 saturated heterocycles. The minimum atomic E-state index is -4.49. The van der Waals surface area contributed by atoms with E-state index in [1.54, 1.807) is 24.3 Å². The quantitative estimate of drug-likeness (QED) is 0.393. The van der Waals surface area contributed by atoms with Gasteiger partial charge in [0.15, 0.2) is 5.58 Å².